The Hall–Kier alpha value is -2.26. The molecular weight excluding hydrogens is 500 g/mol. The van der Waals surface area contributed by atoms with E-state index in [9.17, 15) is 0 Å². The minimum Gasteiger partial charge on any atom is -0.496 e. The molecule has 0 amide bonds. The summed E-state index contributed by atoms with van der Waals surface area (Å²) in [6.07, 6.45) is 17.2. The number of methoxy groups -OCH3 is 1. The predicted octanol–water partition coefficient (Wildman–Crippen LogP) is 10.8. The van der Waals surface area contributed by atoms with Gasteiger partial charge in [-0.25, -0.2) is 4.98 Å². The van der Waals surface area contributed by atoms with Crippen LogP contribution in [0.25, 0.3) is 6.08 Å². The van der Waals surface area contributed by atoms with Crippen LogP contribution in [0.2, 0.25) is 5.02 Å². The number of anilines is 1. The summed E-state index contributed by atoms with van der Waals surface area (Å²) in [7, 11) is 1.66. The normalized spacial score (nSPS) is 13.0. The molecule has 1 heterocycles. The second kappa shape index (κ2) is 21.5. The molecule has 4 heteroatoms. The van der Waals surface area contributed by atoms with Gasteiger partial charge in [-0.1, -0.05) is 117 Å². The highest BCUT2D eigenvalue weighted by Crippen LogP contribution is 2.29. The van der Waals surface area contributed by atoms with Crippen LogP contribution >= 0.6 is 11.6 Å². The van der Waals surface area contributed by atoms with E-state index >= 15 is 0 Å². The molecule has 1 aromatic carbocycles. The number of pyridine rings is 1. The molecule has 0 spiro atoms. The van der Waals surface area contributed by atoms with Crippen molar-refractivity contribution < 1.29 is 4.74 Å². The summed E-state index contributed by atoms with van der Waals surface area (Å²) in [5, 5.41) is 0.655. The van der Waals surface area contributed by atoms with Crippen LogP contribution in [0, 0.1) is 18.8 Å². The summed E-state index contributed by atoms with van der Waals surface area (Å²) in [6.45, 7) is 20.8. The third-order valence-corrected chi connectivity index (χ3v) is 6.56. The van der Waals surface area contributed by atoms with Crippen molar-refractivity contribution >= 4 is 23.5 Å². The summed E-state index contributed by atoms with van der Waals surface area (Å²) in [5.41, 5.74) is 11.6. The SMILES string of the molecule is C=Cc1cc(Cl)cc(OC)c1C/C=C/CCc1cc(C)nc(N)c1CC.CC.CC(C)C.CC1CCCCC1. The molecular formula is C35H57ClN2O. The molecule has 3 nitrogen and oxygen atoms in total. The number of halogens is 1. The average Bonchev–Trinajstić information content (AvgIpc) is 2.90. The molecule has 1 aromatic heterocycles. The fourth-order valence-electron chi connectivity index (χ4n) is 4.50. The summed E-state index contributed by atoms with van der Waals surface area (Å²) in [5.74, 6) is 3.32. The number of ether oxygens (including phenoxy) is 1. The third-order valence-electron chi connectivity index (χ3n) is 6.34. The maximum atomic E-state index is 6.12. The third kappa shape index (κ3) is 15.2. The molecule has 1 aliphatic rings. The Balaban J connectivity index is 0.000000915. The lowest BCUT2D eigenvalue weighted by Crippen LogP contribution is -2.03. The van der Waals surface area contributed by atoms with Crippen LogP contribution in [-0.4, -0.2) is 12.1 Å². The Bertz CT molecular complexity index is 972. The molecule has 3 rings (SSSR count). The van der Waals surface area contributed by atoms with Crippen LogP contribution in [0.15, 0.2) is 36.9 Å². The largest absolute Gasteiger partial charge is 0.496 e. The molecule has 0 saturated heterocycles. The van der Waals surface area contributed by atoms with Gasteiger partial charge in [0.1, 0.15) is 11.6 Å². The number of aryl methyl sites for hydroxylation is 2. The van der Waals surface area contributed by atoms with Gasteiger partial charge in [0.15, 0.2) is 0 Å². The predicted molar refractivity (Wildman–Crippen MR) is 176 cm³/mol. The zero-order valence-electron chi connectivity index (χ0n) is 26.5. The Morgan fingerprint density at radius 2 is 1.69 bits per heavy atom. The maximum Gasteiger partial charge on any atom is 0.127 e. The molecule has 2 N–H and O–H groups in total. The van der Waals surface area contributed by atoms with Gasteiger partial charge in [-0.05, 0) is 79.3 Å². The quantitative estimate of drug-likeness (QED) is 0.329. The van der Waals surface area contributed by atoms with Crippen molar-refractivity contribution in [2.75, 3.05) is 12.8 Å². The Morgan fingerprint density at radius 1 is 1.08 bits per heavy atom. The van der Waals surface area contributed by atoms with Gasteiger partial charge in [0.25, 0.3) is 0 Å². The number of benzene rings is 1. The number of nitrogens with zero attached hydrogens (tertiary/aromatic N) is 1. The van der Waals surface area contributed by atoms with Crippen LogP contribution in [0.3, 0.4) is 0 Å². The van der Waals surface area contributed by atoms with Gasteiger partial charge >= 0.3 is 0 Å². The van der Waals surface area contributed by atoms with Gasteiger partial charge < -0.3 is 10.5 Å². The minimum absolute atomic E-state index is 0.655. The fraction of sp³-hybridized carbons (Fsp3) is 0.571. The van der Waals surface area contributed by atoms with E-state index in [1.807, 2.05) is 39.0 Å². The number of nitrogen functional groups attached to an aromatic ring is 1. The fourth-order valence-corrected chi connectivity index (χ4v) is 4.72. The molecule has 1 fully saturated rings. The Kier molecular flexibility index (Phi) is 20.3. The van der Waals surface area contributed by atoms with Crippen molar-refractivity contribution in [2.24, 2.45) is 11.8 Å². The molecule has 0 unspecified atom stereocenters. The molecule has 220 valence electrons. The summed E-state index contributed by atoms with van der Waals surface area (Å²) < 4.78 is 5.46. The first-order valence-corrected chi connectivity index (χ1v) is 15.4. The standard InChI is InChI=1S/C22H27ClN2O.C7H14.C4H10.C2H6/c1-5-16-13-18(23)14-21(26-4)20(16)11-9-7-8-10-17-12-15(3)25-22(24)19(17)6-2;1-7-5-3-2-4-6-7;1-4(2)3;1-2/h5,7,9,12-14H,1,6,8,10-11H2,2-4H3,(H2,24,25);7H,2-6H2,1H3;4H,1-3H3;1-2H3/b9-7+;;;. The first kappa shape index (κ1) is 36.7. The van der Waals surface area contributed by atoms with Crippen molar-refractivity contribution in [1.29, 1.82) is 0 Å². The highest BCUT2D eigenvalue weighted by atomic mass is 35.5. The van der Waals surface area contributed by atoms with Crippen molar-refractivity contribution in [3.8, 4) is 5.75 Å². The van der Waals surface area contributed by atoms with E-state index in [1.54, 1.807) is 7.11 Å². The van der Waals surface area contributed by atoms with E-state index in [4.69, 9.17) is 22.1 Å². The van der Waals surface area contributed by atoms with Crippen molar-refractivity contribution in [1.82, 2.24) is 4.98 Å². The highest BCUT2D eigenvalue weighted by Gasteiger charge is 2.09. The van der Waals surface area contributed by atoms with E-state index in [0.717, 1.165) is 65.7 Å². The molecule has 0 bridgehead atoms. The zero-order chi connectivity index (χ0) is 29.8. The van der Waals surface area contributed by atoms with Crippen LogP contribution in [0.5, 0.6) is 5.75 Å². The van der Waals surface area contributed by atoms with Crippen molar-refractivity contribution in [3.63, 3.8) is 0 Å². The number of hydrogen-bond donors (Lipinski definition) is 1. The number of rotatable bonds is 8. The lowest BCUT2D eigenvalue weighted by Gasteiger charge is -2.15. The lowest BCUT2D eigenvalue weighted by molar-refractivity contribution is 0.385. The summed E-state index contributed by atoms with van der Waals surface area (Å²) >= 11 is 6.12. The maximum absolute atomic E-state index is 6.12. The average molecular weight is 557 g/mol. The van der Waals surface area contributed by atoms with E-state index in [-0.39, 0.29) is 0 Å². The van der Waals surface area contributed by atoms with Crippen LogP contribution in [0.4, 0.5) is 5.82 Å². The summed E-state index contributed by atoms with van der Waals surface area (Å²) in [6, 6.07) is 5.89. The summed E-state index contributed by atoms with van der Waals surface area (Å²) in [4.78, 5) is 4.36. The number of aromatic nitrogens is 1. The van der Waals surface area contributed by atoms with Crippen molar-refractivity contribution in [2.45, 2.75) is 113 Å². The number of hydrogen-bond acceptors (Lipinski definition) is 3. The minimum atomic E-state index is 0.655. The molecule has 0 atom stereocenters. The van der Waals surface area contributed by atoms with E-state index < -0.39 is 0 Å². The van der Waals surface area contributed by atoms with Crippen LogP contribution < -0.4 is 10.5 Å². The zero-order valence-corrected chi connectivity index (χ0v) is 27.3. The second-order valence-electron chi connectivity index (χ2n) is 10.7. The van der Waals surface area contributed by atoms with E-state index in [2.05, 4.69) is 64.4 Å². The van der Waals surface area contributed by atoms with Gasteiger partial charge in [0.05, 0.1) is 7.11 Å². The molecule has 0 aliphatic heterocycles. The number of nitrogens with two attached hydrogens (primary N) is 1. The van der Waals surface area contributed by atoms with Gasteiger partial charge in [0, 0.05) is 16.3 Å². The smallest absolute Gasteiger partial charge is 0.127 e. The van der Waals surface area contributed by atoms with Crippen LogP contribution in [-0.2, 0) is 19.3 Å². The molecule has 2 aromatic rings. The lowest BCUT2D eigenvalue weighted by atomic mass is 9.91. The highest BCUT2D eigenvalue weighted by molar-refractivity contribution is 6.30. The van der Waals surface area contributed by atoms with Gasteiger partial charge in [-0.15, -0.1) is 0 Å². The first-order valence-electron chi connectivity index (χ1n) is 15.0. The van der Waals surface area contributed by atoms with E-state index in [1.165, 1.54) is 37.7 Å². The van der Waals surface area contributed by atoms with Gasteiger partial charge in [-0.2, -0.15) is 0 Å². The Labute approximate surface area is 246 Å². The van der Waals surface area contributed by atoms with Crippen LogP contribution in [0.1, 0.15) is 115 Å². The second-order valence-corrected chi connectivity index (χ2v) is 11.1. The molecule has 39 heavy (non-hydrogen) atoms. The topological polar surface area (TPSA) is 48.1 Å². The van der Waals surface area contributed by atoms with Gasteiger partial charge in [0.2, 0.25) is 0 Å². The van der Waals surface area contributed by atoms with E-state index in [0.29, 0.717) is 10.8 Å². The van der Waals surface area contributed by atoms with Crippen molar-refractivity contribution in [3.05, 3.63) is 69.9 Å². The first-order chi connectivity index (χ1) is 18.6. The Morgan fingerprint density at radius 3 is 2.18 bits per heavy atom. The monoisotopic (exact) mass is 556 g/mol. The molecule has 1 saturated carbocycles. The molecule has 1 aliphatic carbocycles. The van der Waals surface area contributed by atoms with Gasteiger partial charge in [-0.3, -0.25) is 0 Å². The number of allylic oxidation sites excluding steroid dienone is 2. The molecule has 0 radical (unpaired) electrons.